The SMILES string of the molecule is C1=CNC(CNc2ccc(Nc3ccccc3)cc2)=CC1. The first kappa shape index (κ1) is 13.3. The Hall–Kier alpha value is -2.68. The van der Waals surface area contributed by atoms with Crippen molar-refractivity contribution in [3.8, 4) is 0 Å². The summed E-state index contributed by atoms with van der Waals surface area (Å²) in [7, 11) is 0. The van der Waals surface area contributed by atoms with Gasteiger partial charge in [-0.05, 0) is 49.0 Å². The molecule has 3 heteroatoms. The van der Waals surface area contributed by atoms with Crippen molar-refractivity contribution in [2.75, 3.05) is 17.2 Å². The van der Waals surface area contributed by atoms with Crippen molar-refractivity contribution in [2.24, 2.45) is 0 Å². The fourth-order valence-electron chi connectivity index (χ4n) is 2.18. The lowest BCUT2D eigenvalue weighted by atomic mass is 10.2. The highest BCUT2D eigenvalue weighted by Gasteiger charge is 1.99. The summed E-state index contributed by atoms with van der Waals surface area (Å²) in [6.07, 6.45) is 7.29. The minimum atomic E-state index is 0.815. The van der Waals surface area contributed by atoms with Crippen LogP contribution in [0, 0.1) is 0 Å². The van der Waals surface area contributed by atoms with Crippen molar-refractivity contribution in [3.63, 3.8) is 0 Å². The lowest BCUT2D eigenvalue weighted by Crippen LogP contribution is -2.16. The Labute approximate surface area is 125 Å². The Morgan fingerprint density at radius 1 is 0.857 bits per heavy atom. The molecule has 0 fully saturated rings. The summed E-state index contributed by atoms with van der Waals surface area (Å²) in [5, 5.41) is 10.0. The van der Waals surface area contributed by atoms with Crippen LogP contribution in [0.15, 0.2) is 78.6 Å². The van der Waals surface area contributed by atoms with E-state index in [1.807, 2.05) is 24.4 Å². The molecule has 0 spiro atoms. The molecule has 0 aliphatic carbocycles. The zero-order valence-electron chi connectivity index (χ0n) is 11.8. The van der Waals surface area contributed by atoms with Crippen LogP contribution in [0.1, 0.15) is 6.42 Å². The quantitative estimate of drug-likeness (QED) is 0.765. The van der Waals surface area contributed by atoms with E-state index in [0.29, 0.717) is 0 Å². The van der Waals surface area contributed by atoms with Crippen LogP contribution < -0.4 is 16.0 Å². The molecule has 0 saturated carbocycles. The van der Waals surface area contributed by atoms with E-state index in [1.165, 1.54) is 5.70 Å². The van der Waals surface area contributed by atoms with Gasteiger partial charge >= 0.3 is 0 Å². The Kier molecular flexibility index (Phi) is 4.22. The molecule has 2 aromatic carbocycles. The largest absolute Gasteiger partial charge is 0.379 e. The van der Waals surface area contributed by atoms with E-state index < -0.39 is 0 Å². The van der Waals surface area contributed by atoms with Gasteiger partial charge in [0.2, 0.25) is 0 Å². The van der Waals surface area contributed by atoms with E-state index >= 15 is 0 Å². The second-order valence-electron chi connectivity index (χ2n) is 4.93. The molecule has 3 nitrogen and oxygen atoms in total. The highest BCUT2D eigenvalue weighted by atomic mass is 15.0. The number of anilines is 3. The van der Waals surface area contributed by atoms with Crippen molar-refractivity contribution in [2.45, 2.75) is 6.42 Å². The highest BCUT2D eigenvalue weighted by molar-refractivity contribution is 5.62. The van der Waals surface area contributed by atoms with Crippen LogP contribution in [0.3, 0.4) is 0 Å². The third kappa shape index (κ3) is 3.89. The summed E-state index contributed by atoms with van der Waals surface area (Å²) < 4.78 is 0. The Morgan fingerprint density at radius 2 is 1.57 bits per heavy atom. The van der Waals surface area contributed by atoms with Crippen molar-refractivity contribution < 1.29 is 0 Å². The number of allylic oxidation sites excluding steroid dienone is 2. The highest BCUT2D eigenvalue weighted by Crippen LogP contribution is 2.18. The first-order valence-corrected chi connectivity index (χ1v) is 7.17. The number of rotatable bonds is 5. The molecule has 3 N–H and O–H groups in total. The molecule has 0 radical (unpaired) electrons. The van der Waals surface area contributed by atoms with E-state index in [1.54, 1.807) is 0 Å². The van der Waals surface area contributed by atoms with Crippen molar-refractivity contribution in [1.82, 2.24) is 5.32 Å². The average molecular weight is 277 g/mol. The summed E-state index contributed by atoms with van der Waals surface area (Å²) in [6, 6.07) is 18.5. The van der Waals surface area contributed by atoms with Crippen molar-refractivity contribution >= 4 is 17.1 Å². The van der Waals surface area contributed by atoms with Crippen LogP contribution in [-0.2, 0) is 0 Å². The number of para-hydroxylation sites is 1. The van der Waals surface area contributed by atoms with Crippen LogP contribution in [0.5, 0.6) is 0 Å². The molecule has 0 unspecified atom stereocenters. The van der Waals surface area contributed by atoms with E-state index in [-0.39, 0.29) is 0 Å². The third-order valence-corrected chi connectivity index (χ3v) is 3.32. The molecule has 106 valence electrons. The average Bonchev–Trinajstić information content (AvgIpc) is 2.56. The zero-order valence-corrected chi connectivity index (χ0v) is 11.8. The fraction of sp³-hybridized carbons (Fsp3) is 0.111. The monoisotopic (exact) mass is 277 g/mol. The van der Waals surface area contributed by atoms with Gasteiger partial charge in [-0.2, -0.15) is 0 Å². The molecule has 21 heavy (non-hydrogen) atoms. The third-order valence-electron chi connectivity index (χ3n) is 3.32. The van der Waals surface area contributed by atoms with Crippen molar-refractivity contribution in [3.05, 3.63) is 78.6 Å². The summed E-state index contributed by atoms with van der Waals surface area (Å²) in [6.45, 7) is 0.815. The second kappa shape index (κ2) is 6.66. The van der Waals surface area contributed by atoms with Gasteiger partial charge in [-0.15, -0.1) is 0 Å². The van der Waals surface area contributed by atoms with Crippen LogP contribution in [0.4, 0.5) is 17.1 Å². The molecule has 0 aromatic heterocycles. The van der Waals surface area contributed by atoms with Crippen LogP contribution in [0.2, 0.25) is 0 Å². The van der Waals surface area contributed by atoms with Gasteiger partial charge in [-0.25, -0.2) is 0 Å². The fourth-order valence-corrected chi connectivity index (χ4v) is 2.18. The predicted octanol–water partition coefficient (Wildman–Crippen LogP) is 4.23. The molecule has 2 aromatic rings. The van der Waals surface area contributed by atoms with Gasteiger partial charge in [0.1, 0.15) is 0 Å². The van der Waals surface area contributed by atoms with Gasteiger partial charge in [0, 0.05) is 22.8 Å². The molecule has 0 bridgehead atoms. The standard InChI is InChI=1S/C18H19N3/c1-2-6-16(7-3-1)21-17-11-9-15(10-12-17)20-14-18-8-4-5-13-19-18/h1-3,5-13,19-21H,4,14H2. The molecule has 3 rings (SSSR count). The Morgan fingerprint density at radius 3 is 2.29 bits per heavy atom. The minimum Gasteiger partial charge on any atom is -0.379 e. The molecule has 0 saturated heterocycles. The number of benzene rings is 2. The lowest BCUT2D eigenvalue weighted by molar-refractivity contribution is 0.958. The molecule has 0 atom stereocenters. The predicted molar refractivity (Wildman–Crippen MR) is 89.6 cm³/mol. The maximum atomic E-state index is 3.41. The molecule has 1 aliphatic rings. The van der Waals surface area contributed by atoms with Gasteiger partial charge in [0.05, 0.1) is 6.54 Å². The summed E-state index contributed by atoms with van der Waals surface area (Å²) in [5.74, 6) is 0. The maximum absolute atomic E-state index is 3.41. The second-order valence-corrected chi connectivity index (χ2v) is 4.93. The van der Waals surface area contributed by atoms with E-state index in [4.69, 9.17) is 0 Å². The molecule has 0 amide bonds. The normalized spacial score (nSPS) is 13.2. The number of hydrogen-bond donors (Lipinski definition) is 3. The van der Waals surface area contributed by atoms with Gasteiger partial charge in [-0.1, -0.05) is 30.4 Å². The van der Waals surface area contributed by atoms with Crippen LogP contribution in [-0.4, -0.2) is 6.54 Å². The molecular weight excluding hydrogens is 258 g/mol. The molecule has 1 aliphatic heterocycles. The van der Waals surface area contributed by atoms with E-state index in [9.17, 15) is 0 Å². The van der Waals surface area contributed by atoms with Crippen LogP contribution >= 0.6 is 0 Å². The lowest BCUT2D eigenvalue weighted by Gasteiger charge is -2.13. The first-order chi connectivity index (χ1) is 10.4. The molecule has 1 heterocycles. The smallest absolute Gasteiger partial charge is 0.0548 e. The van der Waals surface area contributed by atoms with Gasteiger partial charge < -0.3 is 16.0 Å². The maximum Gasteiger partial charge on any atom is 0.0548 e. The van der Waals surface area contributed by atoms with Gasteiger partial charge in [0.25, 0.3) is 0 Å². The topological polar surface area (TPSA) is 36.1 Å². The Balaban J connectivity index is 1.55. The van der Waals surface area contributed by atoms with Crippen molar-refractivity contribution in [1.29, 1.82) is 0 Å². The van der Waals surface area contributed by atoms with Gasteiger partial charge in [-0.3, -0.25) is 0 Å². The van der Waals surface area contributed by atoms with E-state index in [2.05, 4.69) is 64.5 Å². The molecular formula is C18H19N3. The van der Waals surface area contributed by atoms with Crippen LogP contribution in [0.25, 0.3) is 0 Å². The van der Waals surface area contributed by atoms with E-state index in [0.717, 1.165) is 30.0 Å². The summed E-state index contributed by atoms with van der Waals surface area (Å²) in [4.78, 5) is 0. The number of nitrogens with one attached hydrogen (secondary N) is 3. The minimum absolute atomic E-state index is 0.815. The number of hydrogen-bond acceptors (Lipinski definition) is 3. The summed E-state index contributed by atoms with van der Waals surface area (Å²) in [5.41, 5.74) is 4.51. The first-order valence-electron chi connectivity index (χ1n) is 7.17. The number of dihydropyridines is 1. The summed E-state index contributed by atoms with van der Waals surface area (Å²) >= 11 is 0. The Bertz CT molecular complexity index is 627. The van der Waals surface area contributed by atoms with Gasteiger partial charge in [0.15, 0.2) is 0 Å². The zero-order chi connectivity index (χ0) is 14.3.